The number of aliphatic carboxylic acids is 2. The maximum absolute atomic E-state index is 12.2. The van der Waals surface area contributed by atoms with E-state index in [9.17, 15) is 24.3 Å². The Hall–Kier alpha value is -2.79. The molecule has 1 rings (SSSR count). The molecule has 0 aliphatic carbocycles. The number of carboxylic acids is 2. The summed E-state index contributed by atoms with van der Waals surface area (Å²) in [4.78, 5) is 46.2. The van der Waals surface area contributed by atoms with Crippen LogP contribution in [0.15, 0.2) is 24.3 Å². The summed E-state index contributed by atoms with van der Waals surface area (Å²) in [5.74, 6) is -4.07. The van der Waals surface area contributed by atoms with E-state index in [1.54, 1.807) is 12.1 Å². The Morgan fingerprint density at radius 1 is 1.00 bits per heavy atom. The number of carbonyl (C=O) groups excluding carboxylic acids is 2. The number of hydrogen-bond donors (Lipinski definition) is 7. The van der Waals surface area contributed by atoms with Crippen molar-refractivity contribution in [1.82, 2.24) is 10.6 Å². The molecule has 0 aliphatic rings. The molecule has 0 saturated heterocycles. The SMILES string of the molecule is N[C@@H](Cc1ccc(O)cc1)C(=O)N[C@@H](CS)C(=O)N[C@@H](CCC(=O)O)C(=O)O. The summed E-state index contributed by atoms with van der Waals surface area (Å²) in [7, 11) is 0. The molecule has 2 amide bonds. The Bertz CT molecular complexity index is 711. The molecule has 0 unspecified atom stereocenters. The van der Waals surface area contributed by atoms with Crippen molar-refractivity contribution in [2.75, 3.05) is 5.75 Å². The van der Waals surface area contributed by atoms with E-state index in [-0.39, 0.29) is 24.3 Å². The molecule has 7 N–H and O–H groups in total. The lowest BCUT2D eigenvalue weighted by Gasteiger charge is -2.21. The average Bonchev–Trinajstić information content (AvgIpc) is 2.63. The number of nitrogens with two attached hydrogens (primary N) is 1. The van der Waals surface area contributed by atoms with Gasteiger partial charge in [-0.1, -0.05) is 12.1 Å². The van der Waals surface area contributed by atoms with E-state index in [1.165, 1.54) is 12.1 Å². The Morgan fingerprint density at radius 3 is 2.07 bits per heavy atom. The lowest BCUT2D eigenvalue weighted by molar-refractivity contribution is -0.143. The molecule has 28 heavy (non-hydrogen) atoms. The van der Waals surface area contributed by atoms with Crippen LogP contribution in [0.1, 0.15) is 18.4 Å². The van der Waals surface area contributed by atoms with E-state index in [4.69, 9.17) is 15.9 Å². The number of rotatable bonds is 11. The standard InChI is InChI=1S/C17H23N3O7S/c18-11(7-9-1-3-10(21)4-2-9)15(24)20-13(8-28)16(25)19-12(17(26)27)5-6-14(22)23/h1-4,11-13,21,28H,5-8,18H2,(H,19,25)(H,20,24)(H,22,23)(H,26,27)/t11-,12-,13-/m0/s1. The lowest BCUT2D eigenvalue weighted by Crippen LogP contribution is -2.55. The van der Waals surface area contributed by atoms with Crippen molar-refractivity contribution in [1.29, 1.82) is 0 Å². The molecule has 0 fully saturated rings. The zero-order chi connectivity index (χ0) is 21.3. The number of amides is 2. The van der Waals surface area contributed by atoms with Crippen LogP contribution in [0.2, 0.25) is 0 Å². The Balaban J connectivity index is 2.65. The van der Waals surface area contributed by atoms with Gasteiger partial charge in [0.2, 0.25) is 11.8 Å². The van der Waals surface area contributed by atoms with Crippen molar-refractivity contribution in [3.63, 3.8) is 0 Å². The molecule has 10 nitrogen and oxygen atoms in total. The van der Waals surface area contributed by atoms with Crippen molar-refractivity contribution >= 4 is 36.4 Å². The second kappa shape index (κ2) is 11.1. The van der Waals surface area contributed by atoms with Gasteiger partial charge >= 0.3 is 11.9 Å². The molecule has 1 aromatic carbocycles. The molecule has 0 bridgehead atoms. The normalized spacial score (nSPS) is 13.8. The van der Waals surface area contributed by atoms with Gasteiger partial charge in [0.25, 0.3) is 0 Å². The van der Waals surface area contributed by atoms with Gasteiger partial charge in [-0.2, -0.15) is 12.6 Å². The van der Waals surface area contributed by atoms with Crippen LogP contribution in [0.25, 0.3) is 0 Å². The first-order chi connectivity index (χ1) is 13.1. The average molecular weight is 413 g/mol. The van der Waals surface area contributed by atoms with Gasteiger partial charge in [-0.05, 0) is 30.5 Å². The first-order valence-corrected chi connectivity index (χ1v) is 8.97. The van der Waals surface area contributed by atoms with Gasteiger partial charge in [0.1, 0.15) is 17.8 Å². The highest BCUT2D eigenvalue weighted by Crippen LogP contribution is 2.11. The van der Waals surface area contributed by atoms with E-state index in [0.29, 0.717) is 5.56 Å². The number of carbonyl (C=O) groups is 4. The van der Waals surface area contributed by atoms with Gasteiger partial charge < -0.3 is 31.7 Å². The second-order valence-corrected chi connectivity index (χ2v) is 6.42. The summed E-state index contributed by atoms with van der Waals surface area (Å²) in [5, 5.41) is 31.6. The number of benzene rings is 1. The van der Waals surface area contributed by atoms with Crippen molar-refractivity contribution in [2.24, 2.45) is 5.73 Å². The smallest absolute Gasteiger partial charge is 0.326 e. The third kappa shape index (κ3) is 7.84. The molecular weight excluding hydrogens is 390 g/mol. The number of thiol groups is 1. The highest BCUT2D eigenvalue weighted by atomic mass is 32.1. The van der Waals surface area contributed by atoms with Crippen LogP contribution >= 0.6 is 12.6 Å². The minimum atomic E-state index is -1.41. The molecular formula is C17H23N3O7S. The van der Waals surface area contributed by atoms with Crippen LogP contribution in [-0.2, 0) is 25.6 Å². The molecule has 0 aliphatic heterocycles. The highest BCUT2D eigenvalue weighted by molar-refractivity contribution is 7.80. The third-order valence-electron chi connectivity index (χ3n) is 3.81. The van der Waals surface area contributed by atoms with Crippen LogP contribution in [0, 0.1) is 0 Å². The third-order valence-corrected chi connectivity index (χ3v) is 4.17. The van der Waals surface area contributed by atoms with Crippen molar-refractivity contribution in [2.45, 2.75) is 37.4 Å². The number of aromatic hydroxyl groups is 1. The summed E-state index contributed by atoms with van der Waals surface area (Å²) in [6, 6.07) is 2.57. The number of carboxylic acid groups (broad SMARTS) is 2. The summed E-state index contributed by atoms with van der Waals surface area (Å²) in [6.07, 6.45) is -0.583. The van der Waals surface area contributed by atoms with Crippen LogP contribution in [0.4, 0.5) is 0 Å². The molecule has 3 atom stereocenters. The molecule has 11 heteroatoms. The van der Waals surface area contributed by atoms with Crippen LogP contribution < -0.4 is 16.4 Å². The van der Waals surface area contributed by atoms with Gasteiger partial charge in [0.05, 0.1) is 6.04 Å². The van der Waals surface area contributed by atoms with Gasteiger partial charge in [0.15, 0.2) is 0 Å². The fourth-order valence-electron chi connectivity index (χ4n) is 2.25. The summed E-state index contributed by atoms with van der Waals surface area (Å²) < 4.78 is 0. The highest BCUT2D eigenvalue weighted by Gasteiger charge is 2.27. The number of phenols is 1. The minimum Gasteiger partial charge on any atom is -0.508 e. The molecule has 154 valence electrons. The topological polar surface area (TPSA) is 179 Å². The predicted molar refractivity (Wildman–Crippen MR) is 102 cm³/mol. The largest absolute Gasteiger partial charge is 0.508 e. The number of hydrogen-bond acceptors (Lipinski definition) is 7. The maximum Gasteiger partial charge on any atom is 0.326 e. The van der Waals surface area contributed by atoms with E-state index in [0.717, 1.165) is 0 Å². The van der Waals surface area contributed by atoms with Gasteiger partial charge in [-0.3, -0.25) is 14.4 Å². The van der Waals surface area contributed by atoms with E-state index < -0.39 is 48.3 Å². The molecule has 1 aromatic rings. The van der Waals surface area contributed by atoms with Gasteiger partial charge in [0, 0.05) is 12.2 Å². The van der Waals surface area contributed by atoms with Gasteiger partial charge in [-0.25, -0.2) is 4.79 Å². The number of nitrogens with one attached hydrogen (secondary N) is 2. The molecule has 0 saturated carbocycles. The summed E-state index contributed by atoms with van der Waals surface area (Å²) >= 11 is 3.98. The van der Waals surface area contributed by atoms with E-state index in [1.807, 2.05) is 0 Å². The first-order valence-electron chi connectivity index (χ1n) is 8.33. The van der Waals surface area contributed by atoms with Gasteiger partial charge in [-0.15, -0.1) is 0 Å². The molecule has 0 heterocycles. The molecule has 0 spiro atoms. The summed E-state index contributed by atoms with van der Waals surface area (Å²) in [6.45, 7) is 0. The fourth-order valence-corrected chi connectivity index (χ4v) is 2.51. The van der Waals surface area contributed by atoms with Crippen LogP contribution in [0.3, 0.4) is 0 Å². The van der Waals surface area contributed by atoms with Crippen molar-refractivity contribution in [3.05, 3.63) is 29.8 Å². The van der Waals surface area contributed by atoms with Crippen LogP contribution in [-0.4, -0.2) is 63.0 Å². The zero-order valence-electron chi connectivity index (χ0n) is 14.9. The lowest BCUT2D eigenvalue weighted by atomic mass is 10.1. The van der Waals surface area contributed by atoms with Crippen molar-refractivity contribution in [3.8, 4) is 5.75 Å². The zero-order valence-corrected chi connectivity index (χ0v) is 15.8. The second-order valence-electron chi connectivity index (χ2n) is 6.05. The maximum atomic E-state index is 12.2. The Kier molecular flexibility index (Phi) is 9.25. The summed E-state index contributed by atoms with van der Waals surface area (Å²) in [5.41, 5.74) is 6.53. The van der Waals surface area contributed by atoms with E-state index >= 15 is 0 Å². The molecule has 0 radical (unpaired) electrons. The monoisotopic (exact) mass is 413 g/mol. The Labute approximate surface area is 166 Å². The predicted octanol–water partition coefficient (Wildman–Crippen LogP) is -0.889. The number of phenolic OH excluding ortho intramolecular Hbond substituents is 1. The van der Waals surface area contributed by atoms with Crippen molar-refractivity contribution < 1.29 is 34.5 Å². The fraction of sp³-hybridized carbons (Fsp3) is 0.412. The molecule has 0 aromatic heterocycles. The quantitative estimate of drug-likeness (QED) is 0.228. The minimum absolute atomic E-state index is 0.0736. The van der Waals surface area contributed by atoms with Crippen LogP contribution in [0.5, 0.6) is 5.75 Å². The Morgan fingerprint density at radius 2 is 1.57 bits per heavy atom. The van der Waals surface area contributed by atoms with E-state index in [2.05, 4.69) is 23.3 Å². The first kappa shape index (κ1) is 23.2.